The summed E-state index contributed by atoms with van der Waals surface area (Å²) in [6, 6.07) is 5.75. The van der Waals surface area contributed by atoms with Crippen LogP contribution in [0.1, 0.15) is 33.6 Å². The minimum absolute atomic E-state index is 0.0172. The molecule has 5 heteroatoms. The minimum Gasteiger partial charge on any atom is -0.372 e. The summed E-state index contributed by atoms with van der Waals surface area (Å²) >= 11 is 6.95. The van der Waals surface area contributed by atoms with Gasteiger partial charge in [0.15, 0.2) is 0 Å². The molecule has 19 heavy (non-hydrogen) atoms. The molecular formula is C14H20Br2N2O. The molecule has 0 spiro atoms. The molecule has 0 radical (unpaired) electrons. The number of amides is 1. The van der Waals surface area contributed by atoms with Crippen LogP contribution in [0, 0.1) is 0 Å². The van der Waals surface area contributed by atoms with Gasteiger partial charge >= 0.3 is 0 Å². The molecule has 1 aromatic carbocycles. The Balaban J connectivity index is 2.64. The number of hydrogen-bond acceptors (Lipinski definition) is 2. The quantitative estimate of drug-likeness (QED) is 0.758. The lowest BCUT2D eigenvalue weighted by molar-refractivity contribution is -0.122. The van der Waals surface area contributed by atoms with Crippen molar-refractivity contribution in [3.05, 3.63) is 27.1 Å². The van der Waals surface area contributed by atoms with E-state index in [1.807, 2.05) is 32.0 Å². The number of carbonyl (C=O) groups is 1. The summed E-state index contributed by atoms with van der Waals surface area (Å²) in [6.07, 6.45) is 2.07. The van der Waals surface area contributed by atoms with Crippen molar-refractivity contribution in [3.8, 4) is 0 Å². The summed E-state index contributed by atoms with van der Waals surface area (Å²) in [6.45, 7) is 6.00. The Hall–Kier alpha value is -0.550. The van der Waals surface area contributed by atoms with Crippen LogP contribution in [-0.4, -0.2) is 18.0 Å². The third kappa shape index (κ3) is 5.15. The van der Waals surface area contributed by atoms with Crippen molar-refractivity contribution in [1.82, 2.24) is 5.32 Å². The fourth-order valence-electron chi connectivity index (χ4n) is 1.79. The van der Waals surface area contributed by atoms with Crippen LogP contribution in [0.25, 0.3) is 0 Å². The smallest absolute Gasteiger partial charge is 0.242 e. The Bertz CT molecular complexity index is 417. The number of halogens is 2. The Labute approximate surface area is 131 Å². The molecule has 0 aliphatic rings. The maximum atomic E-state index is 12.1. The number of carbonyl (C=O) groups excluding carboxylic acids is 1. The van der Waals surface area contributed by atoms with Gasteiger partial charge in [-0.3, -0.25) is 4.79 Å². The molecule has 1 aromatic rings. The van der Waals surface area contributed by atoms with E-state index >= 15 is 0 Å². The van der Waals surface area contributed by atoms with E-state index in [1.54, 1.807) is 0 Å². The van der Waals surface area contributed by atoms with Crippen LogP contribution < -0.4 is 10.6 Å². The van der Waals surface area contributed by atoms with Crippen LogP contribution in [-0.2, 0) is 4.79 Å². The summed E-state index contributed by atoms with van der Waals surface area (Å²) in [5.41, 5.74) is 0.897. The van der Waals surface area contributed by atoms with E-state index in [0.717, 1.165) is 27.5 Å². The number of rotatable bonds is 6. The van der Waals surface area contributed by atoms with Crippen LogP contribution in [0.3, 0.4) is 0 Å². The average Bonchev–Trinajstić information content (AvgIpc) is 2.34. The number of nitrogens with one attached hydrogen (secondary N) is 2. The Morgan fingerprint density at radius 2 is 1.84 bits per heavy atom. The molecule has 0 aliphatic carbocycles. The summed E-state index contributed by atoms with van der Waals surface area (Å²) in [5.74, 6) is 0.0172. The van der Waals surface area contributed by atoms with Crippen molar-refractivity contribution in [3.63, 3.8) is 0 Å². The van der Waals surface area contributed by atoms with E-state index in [1.165, 1.54) is 0 Å². The van der Waals surface area contributed by atoms with Crippen LogP contribution >= 0.6 is 31.9 Å². The predicted molar refractivity (Wildman–Crippen MR) is 87.4 cm³/mol. The maximum absolute atomic E-state index is 12.1. The van der Waals surface area contributed by atoms with Crippen molar-refractivity contribution < 1.29 is 4.79 Å². The second-order valence-electron chi connectivity index (χ2n) is 4.66. The predicted octanol–water partition coefficient (Wildman–Crippen LogP) is 4.32. The molecule has 2 atom stereocenters. The molecule has 2 unspecified atom stereocenters. The normalized spacial score (nSPS) is 13.7. The Morgan fingerprint density at radius 3 is 2.37 bits per heavy atom. The van der Waals surface area contributed by atoms with Gasteiger partial charge in [-0.1, -0.05) is 19.4 Å². The van der Waals surface area contributed by atoms with Crippen LogP contribution in [0.5, 0.6) is 0 Å². The van der Waals surface area contributed by atoms with Crippen molar-refractivity contribution >= 4 is 43.5 Å². The van der Waals surface area contributed by atoms with Gasteiger partial charge in [-0.25, -0.2) is 0 Å². The first-order valence-corrected chi connectivity index (χ1v) is 8.05. The van der Waals surface area contributed by atoms with Crippen LogP contribution in [0.4, 0.5) is 5.69 Å². The molecule has 0 fully saturated rings. The molecular weight excluding hydrogens is 372 g/mol. The second kappa shape index (κ2) is 7.90. The van der Waals surface area contributed by atoms with E-state index in [-0.39, 0.29) is 18.0 Å². The standard InChI is InChI=1S/C14H20Br2N2O/c1-4-6-9(2)17-14(19)10(3)18-13-11(15)7-5-8-12(13)16/h5,7-10,18H,4,6H2,1-3H3,(H,17,19). The van der Waals surface area contributed by atoms with Gasteiger partial charge in [-0.15, -0.1) is 0 Å². The number of benzene rings is 1. The lowest BCUT2D eigenvalue weighted by Crippen LogP contribution is -2.42. The lowest BCUT2D eigenvalue weighted by Gasteiger charge is -2.20. The second-order valence-corrected chi connectivity index (χ2v) is 6.37. The van der Waals surface area contributed by atoms with Crippen molar-refractivity contribution in [2.45, 2.75) is 45.7 Å². The minimum atomic E-state index is -0.283. The fraction of sp³-hybridized carbons (Fsp3) is 0.500. The summed E-state index contributed by atoms with van der Waals surface area (Å²) in [7, 11) is 0. The zero-order valence-corrected chi connectivity index (χ0v) is 14.6. The molecule has 0 aromatic heterocycles. The first kappa shape index (κ1) is 16.5. The monoisotopic (exact) mass is 390 g/mol. The molecule has 0 aliphatic heterocycles. The fourth-order valence-corrected chi connectivity index (χ4v) is 3.02. The number of para-hydroxylation sites is 1. The molecule has 0 saturated carbocycles. The first-order valence-electron chi connectivity index (χ1n) is 6.46. The average molecular weight is 392 g/mol. The number of hydrogen-bond donors (Lipinski definition) is 2. The van der Waals surface area contributed by atoms with Gasteiger partial charge in [0.1, 0.15) is 6.04 Å². The molecule has 1 amide bonds. The van der Waals surface area contributed by atoms with Gasteiger partial charge in [-0.05, 0) is 64.3 Å². The topological polar surface area (TPSA) is 41.1 Å². The van der Waals surface area contributed by atoms with Gasteiger partial charge in [0.05, 0.1) is 5.69 Å². The molecule has 0 heterocycles. The van der Waals surface area contributed by atoms with Crippen LogP contribution in [0.2, 0.25) is 0 Å². The highest BCUT2D eigenvalue weighted by Gasteiger charge is 2.16. The van der Waals surface area contributed by atoms with Gasteiger partial charge in [-0.2, -0.15) is 0 Å². The molecule has 0 bridgehead atoms. The Morgan fingerprint density at radius 1 is 1.26 bits per heavy atom. The molecule has 1 rings (SSSR count). The van der Waals surface area contributed by atoms with E-state index in [2.05, 4.69) is 49.4 Å². The van der Waals surface area contributed by atoms with Crippen LogP contribution in [0.15, 0.2) is 27.1 Å². The van der Waals surface area contributed by atoms with Crippen molar-refractivity contribution in [1.29, 1.82) is 0 Å². The molecule has 2 N–H and O–H groups in total. The third-order valence-corrected chi connectivity index (χ3v) is 4.15. The zero-order chi connectivity index (χ0) is 14.4. The van der Waals surface area contributed by atoms with Gasteiger partial charge in [0, 0.05) is 15.0 Å². The number of anilines is 1. The van der Waals surface area contributed by atoms with Gasteiger partial charge in [0.2, 0.25) is 5.91 Å². The van der Waals surface area contributed by atoms with E-state index in [0.29, 0.717) is 0 Å². The Kier molecular flexibility index (Phi) is 6.86. The van der Waals surface area contributed by atoms with Crippen molar-refractivity contribution in [2.75, 3.05) is 5.32 Å². The summed E-state index contributed by atoms with van der Waals surface area (Å²) in [4.78, 5) is 12.1. The largest absolute Gasteiger partial charge is 0.372 e. The molecule has 0 saturated heterocycles. The van der Waals surface area contributed by atoms with E-state index in [9.17, 15) is 4.79 Å². The summed E-state index contributed by atoms with van der Waals surface area (Å²) in [5, 5.41) is 6.23. The van der Waals surface area contributed by atoms with Crippen molar-refractivity contribution in [2.24, 2.45) is 0 Å². The highest BCUT2D eigenvalue weighted by atomic mass is 79.9. The van der Waals surface area contributed by atoms with E-state index < -0.39 is 0 Å². The van der Waals surface area contributed by atoms with Gasteiger partial charge in [0.25, 0.3) is 0 Å². The zero-order valence-electron chi connectivity index (χ0n) is 11.5. The SMILES string of the molecule is CCCC(C)NC(=O)C(C)Nc1c(Br)cccc1Br. The maximum Gasteiger partial charge on any atom is 0.242 e. The molecule has 3 nitrogen and oxygen atoms in total. The van der Waals surface area contributed by atoms with Gasteiger partial charge < -0.3 is 10.6 Å². The third-order valence-electron chi connectivity index (χ3n) is 2.83. The first-order chi connectivity index (χ1) is 8.95. The van der Waals surface area contributed by atoms with E-state index in [4.69, 9.17) is 0 Å². The highest BCUT2D eigenvalue weighted by molar-refractivity contribution is 9.11. The summed E-state index contributed by atoms with van der Waals surface area (Å²) < 4.78 is 1.87. The molecule has 106 valence electrons. The lowest BCUT2D eigenvalue weighted by atomic mass is 10.2. The highest BCUT2D eigenvalue weighted by Crippen LogP contribution is 2.30.